The van der Waals surface area contributed by atoms with Gasteiger partial charge < -0.3 is 9.30 Å². The second-order valence-electron chi connectivity index (χ2n) is 4.58. The Morgan fingerprint density at radius 3 is 2.63 bits per heavy atom. The molecule has 0 saturated heterocycles. The summed E-state index contributed by atoms with van der Waals surface area (Å²) in [4.78, 5) is 12.0. The molecule has 1 heterocycles. The minimum Gasteiger partial charge on any atom is -0.464 e. The standard InChI is InChI=1S/C15H16ClNO2/c1-10(2)17-8-7-13(14(17)15(18)19-3)11-5-4-6-12(16)9-11/h4-10H,1-3H3. The van der Waals surface area contributed by atoms with Crippen molar-refractivity contribution in [2.24, 2.45) is 0 Å². The van der Waals surface area contributed by atoms with E-state index in [2.05, 4.69) is 0 Å². The molecule has 0 N–H and O–H groups in total. The van der Waals surface area contributed by atoms with E-state index < -0.39 is 0 Å². The van der Waals surface area contributed by atoms with E-state index in [0.29, 0.717) is 10.7 Å². The van der Waals surface area contributed by atoms with E-state index in [9.17, 15) is 4.79 Å². The second kappa shape index (κ2) is 5.49. The van der Waals surface area contributed by atoms with Gasteiger partial charge >= 0.3 is 5.97 Å². The van der Waals surface area contributed by atoms with Crippen LogP contribution in [0.3, 0.4) is 0 Å². The van der Waals surface area contributed by atoms with Crippen molar-refractivity contribution < 1.29 is 9.53 Å². The molecule has 2 aromatic rings. The lowest BCUT2D eigenvalue weighted by atomic mass is 10.1. The highest BCUT2D eigenvalue weighted by Crippen LogP contribution is 2.29. The van der Waals surface area contributed by atoms with E-state index >= 15 is 0 Å². The van der Waals surface area contributed by atoms with Crippen LogP contribution in [0.2, 0.25) is 5.02 Å². The lowest BCUT2D eigenvalue weighted by Gasteiger charge is -2.13. The molecule has 0 saturated carbocycles. The maximum Gasteiger partial charge on any atom is 0.355 e. The van der Waals surface area contributed by atoms with Crippen molar-refractivity contribution in [3.8, 4) is 11.1 Å². The van der Waals surface area contributed by atoms with Crippen molar-refractivity contribution in [2.45, 2.75) is 19.9 Å². The summed E-state index contributed by atoms with van der Waals surface area (Å²) in [6.07, 6.45) is 1.90. The maximum absolute atomic E-state index is 12.0. The minimum absolute atomic E-state index is 0.182. The average molecular weight is 278 g/mol. The minimum atomic E-state index is -0.339. The fourth-order valence-corrected chi connectivity index (χ4v) is 2.27. The van der Waals surface area contributed by atoms with Crippen LogP contribution in [-0.4, -0.2) is 17.6 Å². The average Bonchev–Trinajstić information content (AvgIpc) is 2.82. The Kier molecular flexibility index (Phi) is 3.96. The van der Waals surface area contributed by atoms with Crippen LogP contribution in [0.15, 0.2) is 36.5 Å². The third kappa shape index (κ3) is 2.66. The van der Waals surface area contributed by atoms with Gasteiger partial charge in [0, 0.05) is 22.8 Å². The van der Waals surface area contributed by atoms with Crippen LogP contribution < -0.4 is 0 Å². The van der Waals surface area contributed by atoms with Gasteiger partial charge in [0.05, 0.1) is 7.11 Å². The monoisotopic (exact) mass is 277 g/mol. The van der Waals surface area contributed by atoms with Gasteiger partial charge in [-0.25, -0.2) is 4.79 Å². The Hall–Kier alpha value is -1.74. The van der Waals surface area contributed by atoms with E-state index in [1.807, 2.05) is 54.9 Å². The predicted molar refractivity (Wildman–Crippen MR) is 76.6 cm³/mol. The largest absolute Gasteiger partial charge is 0.464 e. The molecule has 0 fully saturated rings. The fourth-order valence-electron chi connectivity index (χ4n) is 2.08. The van der Waals surface area contributed by atoms with Gasteiger partial charge in [0.15, 0.2) is 0 Å². The molecule has 0 aliphatic rings. The van der Waals surface area contributed by atoms with E-state index in [4.69, 9.17) is 16.3 Å². The van der Waals surface area contributed by atoms with Gasteiger partial charge in [-0.15, -0.1) is 0 Å². The van der Waals surface area contributed by atoms with Gasteiger partial charge in [-0.3, -0.25) is 0 Å². The van der Waals surface area contributed by atoms with Crippen LogP contribution in [0, 0.1) is 0 Å². The number of carbonyl (C=O) groups is 1. The number of hydrogen-bond donors (Lipinski definition) is 0. The van der Waals surface area contributed by atoms with E-state index in [0.717, 1.165) is 11.1 Å². The van der Waals surface area contributed by atoms with Crippen molar-refractivity contribution >= 4 is 17.6 Å². The Morgan fingerprint density at radius 2 is 2.05 bits per heavy atom. The van der Waals surface area contributed by atoms with E-state index in [1.165, 1.54) is 7.11 Å². The molecular weight excluding hydrogens is 262 g/mol. The predicted octanol–water partition coefficient (Wildman–Crippen LogP) is 4.18. The highest BCUT2D eigenvalue weighted by Gasteiger charge is 2.20. The van der Waals surface area contributed by atoms with Crippen LogP contribution >= 0.6 is 11.6 Å². The van der Waals surface area contributed by atoms with Gasteiger partial charge in [0.25, 0.3) is 0 Å². The molecule has 0 amide bonds. The van der Waals surface area contributed by atoms with Crippen molar-refractivity contribution in [1.82, 2.24) is 4.57 Å². The summed E-state index contributed by atoms with van der Waals surface area (Å²) in [5.41, 5.74) is 2.30. The van der Waals surface area contributed by atoms with Crippen molar-refractivity contribution in [3.63, 3.8) is 0 Å². The number of esters is 1. The molecule has 0 unspecified atom stereocenters. The number of rotatable bonds is 3. The summed E-state index contributed by atoms with van der Waals surface area (Å²) in [6, 6.07) is 9.54. The second-order valence-corrected chi connectivity index (χ2v) is 5.02. The third-order valence-corrected chi connectivity index (χ3v) is 3.22. The molecule has 2 rings (SSSR count). The molecule has 0 radical (unpaired) electrons. The highest BCUT2D eigenvalue weighted by molar-refractivity contribution is 6.30. The number of aromatic nitrogens is 1. The molecular formula is C15H16ClNO2. The number of methoxy groups -OCH3 is 1. The zero-order valence-electron chi connectivity index (χ0n) is 11.2. The normalized spacial score (nSPS) is 10.8. The number of benzene rings is 1. The molecule has 0 spiro atoms. The van der Waals surface area contributed by atoms with Gasteiger partial charge in [-0.1, -0.05) is 23.7 Å². The van der Waals surface area contributed by atoms with Gasteiger partial charge in [-0.05, 0) is 37.6 Å². The van der Waals surface area contributed by atoms with Crippen LogP contribution in [0.25, 0.3) is 11.1 Å². The van der Waals surface area contributed by atoms with Crippen LogP contribution in [0.5, 0.6) is 0 Å². The first-order valence-electron chi connectivity index (χ1n) is 6.09. The van der Waals surface area contributed by atoms with E-state index in [1.54, 1.807) is 0 Å². The maximum atomic E-state index is 12.0. The first kappa shape index (κ1) is 13.7. The van der Waals surface area contributed by atoms with Gasteiger partial charge in [-0.2, -0.15) is 0 Å². The van der Waals surface area contributed by atoms with Crippen molar-refractivity contribution in [2.75, 3.05) is 7.11 Å². The molecule has 1 aromatic heterocycles. The number of hydrogen-bond acceptors (Lipinski definition) is 2. The van der Waals surface area contributed by atoms with Crippen LogP contribution in [-0.2, 0) is 4.74 Å². The van der Waals surface area contributed by atoms with Gasteiger partial charge in [0.1, 0.15) is 5.69 Å². The fraction of sp³-hybridized carbons (Fsp3) is 0.267. The quantitative estimate of drug-likeness (QED) is 0.788. The zero-order chi connectivity index (χ0) is 14.0. The number of halogens is 1. The number of ether oxygens (including phenoxy) is 1. The Balaban J connectivity index is 2.61. The molecule has 3 nitrogen and oxygen atoms in total. The Morgan fingerprint density at radius 1 is 1.32 bits per heavy atom. The zero-order valence-corrected chi connectivity index (χ0v) is 11.9. The van der Waals surface area contributed by atoms with Crippen molar-refractivity contribution in [3.05, 3.63) is 47.2 Å². The Labute approximate surface area is 117 Å². The van der Waals surface area contributed by atoms with Gasteiger partial charge in [0.2, 0.25) is 0 Å². The first-order valence-corrected chi connectivity index (χ1v) is 6.47. The Bertz CT molecular complexity index is 602. The molecule has 0 atom stereocenters. The smallest absolute Gasteiger partial charge is 0.355 e. The summed E-state index contributed by atoms with van der Waals surface area (Å²) in [5, 5.41) is 0.644. The highest BCUT2D eigenvalue weighted by atomic mass is 35.5. The lowest BCUT2D eigenvalue weighted by molar-refractivity contribution is 0.0587. The van der Waals surface area contributed by atoms with Crippen LogP contribution in [0.1, 0.15) is 30.4 Å². The summed E-state index contributed by atoms with van der Waals surface area (Å²) in [6.45, 7) is 4.04. The molecule has 1 aromatic carbocycles. The van der Waals surface area contributed by atoms with E-state index in [-0.39, 0.29) is 12.0 Å². The summed E-state index contributed by atoms with van der Waals surface area (Å²) in [7, 11) is 1.39. The molecule has 0 aliphatic carbocycles. The topological polar surface area (TPSA) is 31.2 Å². The summed E-state index contributed by atoms with van der Waals surface area (Å²) >= 11 is 6.01. The number of carbonyl (C=O) groups excluding carboxylic acids is 1. The summed E-state index contributed by atoms with van der Waals surface area (Å²) in [5.74, 6) is -0.339. The summed E-state index contributed by atoms with van der Waals surface area (Å²) < 4.78 is 6.79. The molecule has 0 aliphatic heterocycles. The molecule has 4 heteroatoms. The van der Waals surface area contributed by atoms with Crippen LogP contribution in [0.4, 0.5) is 0 Å². The number of nitrogens with zero attached hydrogens (tertiary/aromatic N) is 1. The SMILES string of the molecule is COC(=O)c1c(-c2cccc(Cl)c2)ccn1C(C)C. The molecule has 19 heavy (non-hydrogen) atoms. The first-order chi connectivity index (χ1) is 9.04. The third-order valence-electron chi connectivity index (χ3n) is 2.99. The lowest BCUT2D eigenvalue weighted by Crippen LogP contribution is -2.12. The molecule has 100 valence electrons. The van der Waals surface area contributed by atoms with Crippen molar-refractivity contribution in [1.29, 1.82) is 0 Å². The molecule has 0 bridgehead atoms.